The summed E-state index contributed by atoms with van der Waals surface area (Å²) in [7, 11) is -0.0266. The molecule has 1 aromatic carbocycles. The van der Waals surface area contributed by atoms with E-state index in [9.17, 15) is 8.42 Å². The van der Waals surface area contributed by atoms with E-state index in [1.807, 2.05) is 7.05 Å². The van der Waals surface area contributed by atoms with Crippen LogP contribution in [0.15, 0.2) is 23.1 Å². The highest BCUT2D eigenvalue weighted by Crippen LogP contribution is 2.35. The molecule has 2 unspecified atom stereocenters. The second-order valence-electron chi connectivity index (χ2n) is 5.46. The number of hydrogen-bond donors (Lipinski definition) is 2. The maximum absolute atomic E-state index is 12.6. The SMILES string of the molecule is CCC1CC1NS(=O)(=O)c1ccc(OC)cc1CCNC. The molecule has 0 saturated heterocycles. The molecule has 118 valence electrons. The van der Waals surface area contributed by atoms with Crippen molar-refractivity contribution in [1.29, 1.82) is 0 Å². The fourth-order valence-electron chi connectivity index (χ4n) is 2.51. The van der Waals surface area contributed by atoms with Gasteiger partial charge in [0.15, 0.2) is 0 Å². The van der Waals surface area contributed by atoms with Gasteiger partial charge in [0.1, 0.15) is 5.75 Å². The van der Waals surface area contributed by atoms with E-state index in [0.717, 1.165) is 24.9 Å². The minimum absolute atomic E-state index is 0.0965. The van der Waals surface area contributed by atoms with Crippen LogP contribution in [0.5, 0.6) is 5.75 Å². The third kappa shape index (κ3) is 3.96. The lowest BCUT2D eigenvalue weighted by Crippen LogP contribution is -2.28. The molecule has 2 atom stereocenters. The van der Waals surface area contributed by atoms with Crippen molar-refractivity contribution < 1.29 is 13.2 Å². The second-order valence-corrected chi connectivity index (χ2v) is 7.14. The average Bonchev–Trinajstić information content (AvgIpc) is 3.22. The molecule has 1 saturated carbocycles. The number of benzene rings is 1. The van der Waals surface area contributed by atoms with E-state index in [4.69, 9.17) is 4.74 Å². The molecule has 1 aliphatic carbocycles. The molecule has 0 radical (unpaired) electrons. The van der Waals surface area contributed by atoms with Crippen molar-refractivity contribution in [2.45, 2.75) is 37.1 Å². The summed E-state index contributed by atoms with van der Waals surface area (Å²) in [5, 5.41) is 3.05. The van der Waals surface area contributed by atoms with Crippen molar-refractivity contribution in [1.82, 2.24) is 10.0 Å². The number of sulfonamides is 1. The van der Waals surface area contributed by atoms with Gasteiger partial charge in [0, 0.05) is 6.04 Å². The van der Waals surface area contributed by atoms with Crippen LogP contribution < -0.4 is 14.8 Å². The predicted molar refractivity (Wildman–Crippen MR) is 83.1 cm³/mol. The Kier molecular flexibility index (Phi) is 5.24. The first kappa shape index (κ1) is 16.3. The lowest BCUT2D eigenvalue weighted by Gasteiger charge is -2.13. The summed E-state index contributed by atoms with van der Waals surface area (Å²) in [5.41, 5.74) is 0.782. The van der Waals surface area contributed by atoms with Crippen molar-refractivity contribution in [3.8, 4) is 5.75 Å². The first-order valence-electron chi connectivity index (χ1n) is 7.35. The third-order valence-corrected chi connectivity index (χ3v) is 5.55. The molecule has 2 rings (SSSR count). The van der Waals surface area contributed by atoms with Gasteiger partial charge in [0.25, 0.3) is 0 Å². The Morgan fingerprint density at radius 2 is 2.14 bits per heavy atom. The summed E-state index contributed by atoms with van der Waals surface area (Å²) in [4.78, 5) is 0.361. The van der Waals surface area contributed by atoms with Gasteiger partial charge in [-0.2, -0.15) is 0 Å². The first-order chi connectivity index (χ1) is 10.0. The fraction of sp³-hybridized carbons (Fsp3) is 0.600. The highest BCUT2D eigenvalue weighted by atomic mass is 32.2. The lowest BCUT2D eigenvalue weighted by molar-refractivity contribution is 0.413. The Bertz CT molecular complexity index is 587. The van der Waals surface area contributed by atoms with Gasteiger partial charge in [-0.15, -0.1) is 0 Å². The minimum atomic E-state index is -3.46. The molecule has 5 nitrogen and oxygen atoms in total. The number of rotatable bonds is 8. The molecular formula is C15H24N2O3S. The largest absolute Gasteiger partial charge is 0.497 e. The number of hydrogen-bond acceptors (Lipinski definition) is 4. The topological polar surface area (TPSA) is 67.4 Å². The molecule has 0 aliphatic heterocycles. The molecule has 0 heterocycles. The number of ether oxygens (including phenoxy) is 1. The second kappa shape index (κ2) is 6.77. The van der Waals surface area contributed by atoms with Crippen molar-refractivity contribution >= 4 is 10.0 Å². The van der Waals surface area contributed by atoms with Crippen LogP contribution in [0.2, 0.25) is 0 Å². The molecule has 21 heavy (non-hydrogen) atoms. The van der Waals surface area contributed by atoms with Gasteiger partial charge in [-0.3, -0.25) is 0 Å². The van der Waals surface area contributed by atoms with Crippen molar-refractivity contribution in [2.24, 2.45) is 5.92 Å². The van der Waals surface area contributed by atoms with Crippen LogP contribution in [0.3, 0.4) is 0 Å². The lowest BCUT2D eigenvalue weighted by atomic mass is 10.1. The van der Waals surface area contributed by atoms with Crippen LogP contribution in [-0.2, 0) is 16.4 Å². The van der Waals surface area contributed by atoms with E-state index < -0.39 is 10.0 Å². The smallest absolute Gasteiger partial charge is 0.241 e. The molecule has 0 amide bonds. The zero-order valence-electron chi connectivity index (χ0n) is 12.8. The molecule has 1 fully saturated rings. The number of nitrogens with one attached hydrogen (secondary N) is 2. The van der Waals surface area contributed by atoms with Gasteiger partial charge in [0.05, 0.1) is 12.0 Å². The first-order valence-corrected chi connectivity index (χ1v) is 8.84. The molecule has 2 N–H and O–H groups in total. The maximum Gasteiger partial charge on any atom is 0.241 e. The van der Waals surface area contributed by atoms with Crippen LogP contribution in [0.4, 0.5) is 0 Å². The quantitative estimate of drug-likeness (QED) is 0.764. The summed E-state index contributed by atoms with van der Waals surface area (Å²) < 4.78 is 33.1. The van der Waals surface area contributed by atoms with Gasteiger partial charge >= 0.3 is 0 Å². The summed E-state index contributed by atoms with van der Waals surface area (Å²) in [6.07, 6.45) is 2.60. The Hall–Kier alpha value is -1.11. The summed E-state index contributed by atoms with van der Waals surface area (Å²) >= 11 is 0. The molecule has 0 spiro atoms. The van der Waals surface area contributed by atoms with E-state index in [-0.39, 0.29) is 6.04 Å². The Balaban J connectivity index is 2.24. The zero-order valence-corrected chi connectivity index (χ0v) is 13.7. The normalized spacial score (nSPS) is 21.3. The minimum Gasteiger partial charge on any atom is -0.497 e. The highest BCUT2D eigenvalue weighted by Gasteiger charge is 2.39. The maximum atomic E-state index is 12.6. The van der Waals surface area contributed by atoms with Crippen LogP contribution in [0, 0.1) is 5.92 Å². The Morgan fingerprint density at radius 3 is 2.71 bits per heavy atom. The van der Waals surface area contributed by atoms with E-state index >= 15 is 0 Å². The number of methoxy groups -OCH3 is 1. The van der Waals surface area contributed by atoms with E-state index in [1.165, 1.54) is 0 Å². The summed E-state index contributed by atoms with van der Waals surface area (Å²) in [5.74, 6) is 1.16. The third-order valence-electron chi connectivity index (χ3n) is 3.96. The molecule has 1 aliphatic rings. The highest BCUT2D eigenvalue weighted by molar-refractivity contribution is 7.89. The molecule has 0 bridgehead atoms. The fourth-order valence-corrected chi connectivity index (χ4v) is 4.07. The summed E-state index contributed by atoms with van der Waals surface area (Å²) in [6.45, 7) is 2.81. The Morgan fingerprint density at radius 1 is 1.38 bits per heavy atom. The van der Waals surface area contributed by atoms with E-state index in [1.54, 1.807) is 25.3 Å². The summed E-state index contributed by atoms with van der Waals surface area (Å²) in [6, 6.07) is 5.23. The van der Waals surface area contributed by atoms with Crippen LogP contribution in [0.1, 0.15) is 25.3 Å². The monoisotopic (exact) mass is 312 g/mol. The van der Waals surface area contributed by atoms with Gasteiger partial charge in [-0.25, -0.2) is 13.1 Å². The molecule has 6 heteroatoms. The Labute approximate surface area is 127 Å². The van der Waals surface area contributed by atoms with E-state index in [0.29, 0.717) is 23.0 Å². The van der Waals surface area contributed by atoms with Gasteiger partial charge in [-0.1, -0.05) is 13.3 Å². The van der Waals surface area contributed by atoms with Crippen molar-refractivity contribution in [3.05, 3.63) is 23.8 Å². The van der Waals surface area contributed by atoms with Gasteiger partial charge < -0.3 is 10.1 Å². The van der Waals surface area contributed by atoms with Crippen molar-refractivity contribution in [3.63, 3.8) is 0 Å². The van der Waals surface area contributed by atoms with Crippen LogP contribution in [0.25, 0.3) is 0 Å². The van der Waals surface area contributed by atoms with Crippen molar-refractivity contribution in [2.75, 3.05) is 20.7 Å². The zero-order chi connectivity index (χ0) is 15.5. The van der Waals surface area contributed by atoms with Gasteiger partial charge in [-0.05, 0) is 56.1 Å². The van der Waals surface area contributed by atoms with Crippen LogP contribution in [-0.4, -0.2) is 35.2 Å². The molecule has 0 aromatic heterocycles. The standard InChI is InChI=1S/C15H24N2O3S/c1-4-11-10-14(11)17-21(18,19)15-6-5-13(20-3)9-12(15)7-8-16-2/h5-6,9,11,14,16-17H,4,7-8,10H2,1-3H3. The molecular weight excluding hydrogens is 288 g/mol. The average molecular weight is 312 g/mol. The van der Waals surface area contributed by atoms with Gasteiger partial charge in [0.2, 0.25) is 10.0 Å². The molecule has 1 aromatic rings. The number of likely N-dealkylation sites (N-methyl/N-ethyl adjacent to an activating group) is 1. The predicted octanol–water partition coefficient (Wildman–Crippen LogP) is 1.53. The van der Waals surface area contributed by atoms with Crippen LogP contribution >= 0.6 is 0 Å². The van der Waals surface area contributed by atoms with E-state index in [2.05, 4.69) is 17.0 Å².